The van der Waals surface area contributed by atoms with Crippen LogP contribution in [0.4, 0.5) is 10.1 Å². The van der Waals surface area contributed by atoms with Crippen LogP contribution in [0.15, 0.2) is 64.8 Å². The fraction of sp³-hybridized carbons (Fsp3) is 0. The maximum Gasteiger partial charge on any atom is 0.313 e. The summed E-state index contributed by atoms with van der Waals surface area (Å²) in [5.74, 6) is -1.39. The van der Waals surface area contributed by atoms with E-state index in [1.807, 2.05) is 30.3 Å². The molecule has 4 aromatic rings. The summed E-state index contributed by atoms with van der Waals surface area (Å²) in [5, 5.41) is 24.5. The van der Waals surface area contributed by atoms with Gasteiger partial charge in [-0.2, -0.15) is 5.10 Å². The molecule has 2 aromatic heterocycles. The summed E-state index contributed by atoms with van der Waals surface area (Å²) in [7, 11) is 0. The highest BCUT2D eigenvalue weighted by molar-refractivity contribution is 5.96. The lowest BCUT2D eigenvalue weighted by Gasteiger charge is -1.92. The maximum atomic E-state index is 13.2. The average molecular weight is 349 g/mol. The third-order valence-corrected chi connectivity index (χ3v) is 3.83. The Hall–Kier alpha value is -3.81. The molecule has 0 radical (unpaired) electrons. The third-order valence-electron chi connectivity index (χ3n) is 3.83. The SMILES string of the molecule is O=C(N=Nc1c(O)[nH]c2cc(F)ccc12)c1cc(-c2ccccc2)n[nH]1. The lowest BCUT2D eigenvalue weighted by molar-refractivity contribution is 0.0990. The van der Waals surface area contributed by atoms with E-state index < -0.39 is 11.7 Å². The lowest BCUT2D eigenvalue weighted by Crippen LogP contribution is -1.93. The molecule has 0 atom stereocenters. The van der Waals surface area contributed by atoms with E-state index in [1.54, 1.807) is 6.07 Å². The molecule has 0 aliphatic rings. The van der Waals surface area contributed by atoms with Crippen molar-refractivity contribution in [3.63, 3.8) is 0 Å². The monoisotopic (exact) mass is 349 g/mol. The summed E-state index contributed by atoms with van der Waals surface area (Å²) in [4.78, 5) is 14.8. The molecule has 0 fully saturated rings. The second-order valence-corrected chi connectivity index (χ2v) is 5.55. The molecule has 7 nitrogen and oxygen atoms in total. The molecule has 0 bridgehead atoms. The van der Waals surface area contributed by atoms with Crippen molar-refractivity contribution in [1.29, 1.82) is 0 Å². The molecule has 2 aromatic carbocycles. The smallest absolute Gasteiger partial charge is 0.313 e. The standard InChI is InChI=1S/C18H12FN5O2/c19-11-6-7-12-14(8-11)20-18(26)16(12)23-24-17(25)15-9-13(21-22-15)10-4-2-1-3-5-10/h1-9,20,26H,(H,21,22). The van der Waals surface area contributed by atoms with Gasteiger partial charge in [0.1, 0.15) is 11.5 Å². The quantitative estimate of drug-likeness (QED) is 0.479. The van der Waals surface area contributed by atoms with E-state index in [-0.39, 0.29) is 17.3 Å². The van der Waals surface area contributed by atoms with Gasteiger partial charge in [-0.05, 0) is 24.3 Å². The van der Waals surface area contributed by atoms with Crippen LogP contribution < -0.4 is 0 Å². The van der Waals surface area contributed by atoms with Gasteiger partial charge < -0.3 is 10.1 Å². The molecule has 3 N–H and O–H groups in total. The van der Waals surface area contributed by atoms with Gasteiger partial charge in [-0.25, -0.2) is 4.39 Å². The van der Waals surface area contributed by atoms with E-state index >= 15 is 0 Å². The zero-order valence-electron chi connectivity index (χ0n) is 13.3. The Morgan fingerprint density at radius 1 is 1.12 bits per heavy atom. The van der Waals surface area contributed by atoms with Crippen molar-refractivity contribution in [3.05, 3.63) is 66.1 Å². The fourth-order valence-corrected chi connectivity index (χ4v) is 2.58. The van der Waals surface area contributed by atoms with Gasteiger partial charge >= 0.3 is 5.91 Å². The van der Waals surface area contributed by atoms with E-state index in [1.165, 1.54) is 18.2 Å². The molecule has 128 valence electrons. The highest BCUT2D eigenvalue weighted by atomic mass is 19.1. The van der Waals surface area contributed by atoms with Gasteiger partial charge in [-0.1, -0.05) is 30.3 Å². The van der Waals surface area contributed by atoms with E-state index in [2.05, 4.69) is 25.4 Å². The van der Waals surface area contributed by atoms with Crippen LogP contribution in [0.1, 0.15) is 10.5 Å². The first-order valence-corrected chi connectivity index (χ1v) is 7.69. The zero-order chi connectivity index (χ0) is 18.1. The Bertz CT molecular complexity index is 1130. The number of aromatic hydroxyl groups is 1. The molecule has 0 saturated carbocycles. The second-order valence-electron chi connectivity index (χ2n) is 5.55. The summed E-state index contributed by atoms with van der Waals surface area (Å²) < 4.78 is 13.2. The van der Waals surface area contributed by atoms with E-state index in [4.69, 9.17) is 0 Å². The van der Waals surface area contributed by atoms with E-state index in [0.29, 0.717) is 16.6 Å². The Kier molecular flexibility index (Phi) is 3.77. The number of carbonyl (C=O) groups is 1. The van der Waals surface area contributed by atoms with Crippen molar-refractivity contribution in [2.24, 2.45) is 10.2 Å². The van der Waals surface area contributed by atoms with Crippen molar-refractivity contribution >= 4 is 22.5 Å². The molecule has 0 spiro atoms. The van der Waals surface area contributed by atoms with Gasteiger partial charge in [-0.3, -0.25) is 9.89 Å². The van der Waals surface area contributed by atoms with Crippen molar-refractivity contribution in [3.8, 4) is 17.1 Å². The van der Waals surface area contributed by atoms with Gasteiger partial charge in [0.05, 0.1) is 11.2 Å². The van der Waals surface area contributed by atoms with Crippen LogP contribution in [0.5, 0.6) is 5.88 Å². The number of aromatic amines is 2. The molecule has 8 heteroatoms. The molecule has 1 amide bonds. The zero-order valence-corrected chi connectivity index (χ0v) is 13.3. The Morgan fingerprint density at radius 3 is 2.73 bits per heavy atom. The number of halogens is 1. The number of nitrogens with one attached hydrogen (secondary N) is 2. The molecule has 0 unspecified atom stereocenters. The molecule has 0 aliphatic carbocycles. The Labute approximate surface area is 146 Å². The van der Waals surface area contributed by atoms with Crippen LogP contribution in [0, 0.1) is 5.82 Å². The molecule has 0 aliphatic heterocycles. The number of carbonyl (C=O) groups excluding carboxylic acids is 1. The summed E-state index contributed by atoms with van der Waals surface area (Å²) >= 11 is 0. The number of amides is 1. The average Bonchev–Trinajstić information content (AvgIpc) is 3.25. The highest BCUT2D eigenvalue weighted by Crippen LogP contribution is 2.35. The Balaban J connectivity index is 1.61. The van der Waals surface area contributed by atoms with Gasteiger partial charge in [0, 0.05) is 10.9 Å². The van der Waals surface area contributed by atoms with Crippen LogP contribution in [-0.2, 0) is 0 Å². The number of H-pyrrole nitrogens is 2. The number of nitrogens with zero attached hydrogens (tertiary/aromatic N) is 3. The first-order valence-electron chi connectivity index (χ1n) is 7.69. The second kappa shape index (κ2) is 6.25. The minimum Gasteiger partial charge on any atom is -0.493 e. The normalized spacial score (nSPS) is 11.4. The number of hydrogen-bond donors (Lipinski definition) is 3. The van der Waals surface area contributed by atoms with Gasteiger partial charge in [0.2, 0.25) is 5.88 Å². The van der Waals surface area contributed by atoms with Crippen LogP contribution in [0.3, 0.4) is 0 Å². The third kappa shape index (κ3) is 2.84. The summed E-state index contributed by atoms with van der Waals surface area (Å²) in [6.07, 6.45) is 0. The molecule has 26 heavy (non-hydrogen) atoms. The Morgan fingerprint density at radius 2 is 1.92 bits per heavy atom. The minimum atomic E-state index is -0.643. The van der Waals surface area contributed by atoms with Crippen molar-refractivity contribution in [2.45, 2.75) is 0 Å². The number of hydrogen-bond acceptors (Lipinski definition) is 4. The van der Waals surface area contributed by atoms with E-state index in [9.17, 15) is 14.3 Å². The first-order chi connectivity index (χ1) is 12.6. The predicted octanol–water partition coefficient (Wildman–Crippen LogP) is 4.33. The van der Waals surface area contributed by atoms with Crippen molar-refractivity contribution in [1.82, 2.24) is 15.2 Å². The summed E-state index contributed by atoms with van der Waals surface area (Å²) in [6.45, 7) is 0. The molecule has 4 rings (SSSR count). The predicted molar refractivity (Wildman–Crippen MR) is 92.8 cm³/mol. The molecule has 2 heterocycles. The number of fused-ring (bicyclic) bond motifs is 1. The van der Waals surface area contributed by atoms with Gasteiger partial charge in [0.25, 0.3) is 0 Å². The highest BCUT2D eigenvalue weighted by Gasteiger charge is 2.14. The number of rotatable bonds is 3. The first kappa shape index (κ1) is 15.7. The largest absolute Gasteiger partial charge is 0.493 e. The molecular weight excluding hydrogens is 337 g/mol. The lowest BCUT2D eigenvalue weighted by atomic mass is 10.1. The van der Waals surface area contributed by atoms with Crippen molar-refractivity contribution < 1.29 is 14.3 Å². The number of aromatic nitrogens is 3. The van der Waals surface area contributed by atoms with Crippen LogP contribution in [0.2, 0.25) is 0 Å². The van der Waals surface area contributed by atoms with Crippen molar-refractivity contribution in [2.75, 3.05) is 0 Å². The van der Waals surface area contributed by atoms with E-state index in [0.717, 1.165) is 5.56 Å². The summed E-state index contributed by atoms with van der Waals surface area (Å²) in [5.41, 5.74) is 2.05. The topological polar surface area (TPSA) is 106 Å². The van der Waals surface area contributed by atoms with Gasteiger partial charge in [-0.15, -0.1) is 10.2 Å². The molecular formula is C18H12FN5O2. The molecule has 0 saturated heterocycles. The number of azo groups is 1. The minimum absolute atomic E-state index is 0.0659. The van der Waals surface area contributed by atoms with Crippen LogP contribution >= 0.6 is 0 Å². The summed E-state index contributed by atoms with van der Waals surface area (Å²) in [6, 6.07) is 14.8. The van der Waals surface area contributed by atoms with Gasteiger partial charge in [0.15, 0.2) is 5.69 Å². The van der Waals surface area contributed by atoms with Crippen LogP contribution in [0.25, 0.3) is 22.2 Å². The maximum absolute atomic E-state index is 13.2. The number of benzene rings is 2. The fourth-order valence-electron chi connectivity index (χ4n) is 2.58. The van der Waals surface area contributed by atoms with Crippen LogP contribution in [-0.4, -0.2) is 26.2 Å².